The van der Waals surface area contributed by atoms with E-state index in [4.69, 9.17) is 0 Å². The Kier molecular flexibility index (Phi) is 2.31. The molecule has 88 valence electrons. The Labute approximate surface area is 91.6 Å². The van der Waals surface area contributed by atoms with E-state index in [0.29, 0.717) is 12.0 Å². The number of rotatable bonds is 2. The Morgan fingerprint density at radius 3 is 2.50 bits per heavy atom. The molecule has 0 aliphatic carbocycles. The van der Waals surface area contributed by atoms with Gasteiger partial charge in [0.15, 0.2) is 11.5 Å². The molecule has 5 heteroatoms. The molecule has 0 amide bonds. The summed E-state index contributed by atoms with van der Waals surface area (Å²) < 4.78 is 34.0. The number of hydrogen-bond acceptors (Lipinski definition) is 3. The summed E-state index contributed by atoms with van der Waals surface area (Å²) in [4.78, 5) is 0. The van der Waals surface area contributed by atoms with E-state index in [9.17, 15) is 13.9 Å². The summed E-state index contributed by atoms with van der Waals surface area (Å²) in [6.07, 6.45) is -3.23. The first-order valence-corrected chi connectivity index (χ1v) is 4.86. The quantitative estimate of drug-likeness (QED) is 0.847. The van der Waals surface area contributed by atoms with Gasteiger partial charge in [0.2, 0.25) is 0 Å². The summed E-state index contributed by atoms with van der Waals surface area (Å²) in [7, 11) is 0. The lowest BCUT2D eigenvalue weighted by molar-refractivity contribution is -0.286. The Morgan fingerprint density at radius 2 is 1.88 bits per heavy atom. The molecule has 0 unspecified atom stereocenters. The van der Waals surface area contributed by atoms with Crippen molar-refractivity contribution < 1.29 is 23.4 Å². The smallest absolute Gasteiger partial charge is 0.395 e. The summed E-state index contributed by atoms with van der Waals surface area (Å²) in [5, 5.41) is 9.60. The molecule has 2 rings (SSSR count). The van der Waals surface area contributed by atoms with Crippen LogP contribution in [0.15, 0.2) is 18.2 Å². The Bertz CT molecular complexity index is 410. The van der Waals surface area contributed by atoms with E-state index in [2.05, 4.69) is 9.47 Å². The first-order chi connectivity index (χ1) is 7.25. The highest BCUT2D eigenvalue weighted by Crippen LogP contribution is 2.41. The lowest BCUT2D eigenvalue weighted by Gasteiger charge is -2.16. The molecule has 0 atom stereocenters. The topological polar surface area (TPSA) is 38.7 Å². The number of hydrogen-bond donors (Lipinski definition) is 1. The van der Waals surface area contributed by atoms with Crippen LogP contribution in [-0.4, -0.2) is 17.0 Å². The third kappa shape index (κ3) is 2.41. The van der Waals surface area contributed by atoms with Gasteiger partial charge in [-0.1, -0.05) is 6.07 Å². The molecule has 0 spiro atoms. The fraction of sp³-hybridized carbons (Fsp3) is 0.455. The fourth-order valence-electron chi connectivity index (χ4n) is 1.60. The number of fused-ring (bicyclic) bond motifs is 1. The molecule has 1 aliphatic heterocycles. The van der Waals surface area contributed by atoms with Crippen LogP contribution in [0.4, 0.5) is 8.78 Å². The van der Waals surface area contributed by atoms with Gasteiger partial charge in [-0.15, -0.1) is 8.78 Å². The molecule has 1 aromatic rings. The van der Waals surface area contributed by atoms with Crippen LogP contribution >= 0.6 is 0 Å². The first kappa shape index (κ1) is 11.1. The minimum absolute atomic E-state index is 0.00625. The Morgan fingerprint density at radius 1 is 1.25 bits per heavy atom. The van der Waals surface area contributed by atoms with Crippen molar-refractivity contribution >= 4 is 0 Å². The van der Waals surface area contributed by atoms with Crippen LogP contribution in [0.3, 0.4) is 0 Å². The molecule has 0 radical (unpaired) electrons. The van der Waals surface area contributed by atoms with Crippen molar-refractivity contribution in [3.05, 3.63) is 23.8 Å². The molecule has 0 fully saturated rings. The van der Waals surface area contributed by atoms with Gasteiger partial charge in [-0.05, 0) is 31.5 Å². The molecule has 3 nitrogen and oxygen atoms in total. The SMILES string of the molecule is CC(C)(O)Cc1ccc2c(c1)OC(F)(F)O2. The van der Waals surface area contributed by atoms with Crippen molar-refractivity contribution in [1.82, 2.24) is 0 Å². The van der Waals surface area contributed by atoms with Crippen molar-refractivity contribution in [3.63, 3.8) is 0 Å². The van der Waals surface area contributed by atoms with Crippen molar-refractivity contribution in [2.45, 2.75) is 32.2 Å². The van der Waals surface area contributed by atoms with Crippen LogP contribution in [0.5, 0.6) is 11.5 Å². The molecule has 0 saturated heterocycles. The van der Waals surface area contributed by atoms with Gasteiger partial charge in [0, 0.05) is 6.42 Å². The predicted molar refractivity (Wildman–Crippen MR) is 52.6 cm³/mol. The second-order valence-corrected chi connectivity index (χ2v) is 4.44. The molecule has 1 aliphatic rings. The van der Waals surface area contributed by atoms with Gasteiger partial charge in [0.25, 0.3) is 0 Å². The average molecular weight is 230 g/mol. The van der Waals surface area contributed by atoms with Gasteiger partial charge >= 0.3 is 6.29 Å². The molecular formula is C11H12F2O3. The maximum atomic E-state index is 12.7. The third-order valence-corrected chi connectivity index (χ3v) is 2.10. The second-order valence-electron chi connectivity index (χ2n) is 4.44. The van der Waals surface area contributed by atoms with E-state index >= 15 is 0 Å². The molecule has 0 aromatic heterocycles. The van der Waals surface area contributed by atoms with Crippen LogP contribution < -0.4 is 9.47 Å². The monoisotopic (exact) mass is 230 g/mol. The average Bonchev–Trinajstić information content (AvgIpc) is 2.34. The third-order valence-electron chi connectivity index (χ3n) is 2.10. The molecule has 0 saturated carbocycles. The Balaban J connectivity index is 2.23. The predicted octanol–water partition coefficient (Wildman–Crippen LogP) is 2.32. The van der Waals surface area contributed by atoms with E-state index in [1.165, 1.54) is 12.1 Å². The van der Waals surface area contributed by atoms with Crippen LogP contribution in [0, 0.1) is 0 Å². The standard InChI is InChI=1S/C11H12F2O3/c1-10(2,14)6-7-3-4-8-9(5-7)16-11(12,13)15-8/h3-5,14H,6H2,1-2H3. The van der Waals surface area contributed by atoms with Gasteiger partial charge < -0.3 is 14.6 Å². The molecule has 0 bridgehead atoms. The second kappa shape index (κ2) is 3.31. The molecule has 1 aromatic carbocycles. The van der Waals surface area contributed by atoms with Crippen molar-refractivity contribution in [2.75, 3.05) is 0 Å². The van der Waals surface area contributed by atoms with Gasteiger partial charge in [-0.3, -0.25) is 0 Å². The van der Waals surface area contributed by atoms with E-state index in [-0.39, 0.29) is 11.5 Å². The van der Waals surface area contributed by atoms with Crippen LogP contribution in [0.1, 0.15) is 19.4 Å². The molecule has 1 N–H and O–H groups in total. The van der Waals surface area contributed by atoms with Gasteiger partial charge in [0.1, 0.15) is 0 Å². The molecular weight excluding hydrogens is 218 g/mol. The minimum atomic E-state index is -3.59. The minimum Gasteiger partial charge on any atom is -0.395 e. The first-order valence-electron chi connectivity index (χ1n) is 4.86. The number of alkyl halides is 2. The number of aliphatic hydroxyl groups is 1. The number of halogens is 2. The summed E-state index contributed by atoms with van der Waals surface area (Å²) in [6.45, 7) is 3.29. The largest absolute Gasteiger partial charge is 0.586 e. The summed E-state index contributed by atoms with van der Waals surface area (Å²) in [5.74, 6) is 0.0243. The van der Waals surface area contributed by atoms with E-state index < -0.39 is 11.9 Å². The molecule has 1 heterocycles. The van der Waals surface area contributed by atoms with Gasteiger partial charge in [-0.2, -0.15) is 0 Å². The van der Waals surface area contributed by atoms with Crippen LogP contribution in [0.2, 0.25) is 0 Å². The summed E-state index contributed by atoms with van der Waals surface area (Å²) in [6, 6.07) is 4.49. The van der Waals surface area contributed by atoms with E-state index in [1.54, 1.807) is 19.9 Å². The zero-order valence-electron chi connectivity index (χ0n) is 8.96. The highest BCUT2D eigenvalue weighted by Gasteiger charge is 2.43. The van der Waals surface area contributed by atoms with Crippen LogP contribution in [0.25, 0.3) is 0 Å². The maximum absolute atomic E-state index is 12.7. The lowest BCUT2D eigenvalue weighted by Crippen LogP contribution is -2.26. The number of ether oxygens (including phenoxy) is 2. The van der Waals surface area contributed by atoms with E-state index in [1.807, 2.05) is 0 Å². The zero-order chi connectivity index (χ0) is 12.0. The van der Waals surface area contributed by atoms with Crippen molar-refractivity contribution in [1.29, 1.82) is 0 Å². The fourth-order valence-corrected chi connectivity index (χ4v) is 1.60. The zero-order valence-corrected chi connectivity index (χ0v) is 8.96. The van der Waals surface area contributed by atoms with E-state index in [0.717, 1.165) is 0 Å². The summed E-state index contributed by atoms with van der Waals surface area (Å²) >= 11 is 0. The van der Waals surface area contributed by atoms with Crippen molar-refractivity contribution in [2.24, 2.45) is 0 Å². The molecule has 16 heavy (non-hydrogen) atoms. The van der Waals surface area contributed by atoms with Crippen molar-refractivity contribution in [3.8, 4) is 11.5 Å². The Hall–Kier alpha value is -1.36. The van der Waals surface area contributed by atoms with Crippen LogP contribution in [-0.2, 0) is 6.42 Å². The highest BCUT2D eigenvalue weighted by molar-refractivity contribution is 5.45. The number of benzene rings is 1. The highest BCUT2D eigenvalue weighted by atomic mass is 19.3. The van der Waals surface area contributed by atoms with Gasteiger partial charge in [-0.25, -0.2) is 0 Å². The summed E-state index contributed by atoms with van der Waals surface area (Å²) in [5.41, 5.74) is -0.177. The lowest BCUT2D eigenvalue weighted by atomic mass is 9.98. The van der Waals surface area contributed by atoms with Gasteiger partial charge in [0.05, 0.1) is 5.60 Å². The normalized spacial score (nSPS) is 17.6. The maximum Gasteiger partial charge on any atom is 0.586 e.